The van der Waals surface area contributed by atoms with E-state index >= 15 is 0 Å². The van der Waals surface area contributed by atoms with Crippen LogP contribution in [0.2, 0.25) is 0 Å². The number of nitrogens with two attached hydrogens (primary N) is 1. The number of halogens is 3. The molecule has 1 aliphatic carbocycles. The molecule has 0 atom stereocenters. The summed E-state index contributed by atoms with van der Waals surface area (Å²) in [6.45, 7) is 0. The normalized spacial score (nSPS) is 20.2. The highest BCUT2D eigenvalue weighted by Crippen LogP contribution is 2.58. The third-order valence-electron chi connectivity index (χ3n) is 2.34. The van der Waals surface area contributed by atoms with Gasteiger partial charge in [0.2, 0.25) is 0 Å². The smallest absolute Gasteiger partial charge is 0.399 e. The van der Waals surface area contributed by atoms with Crippen molar-refractivity contribution in [3.8, 4) is 0 Å². The molecule has 1 aromatic rings. The van der Waals surface area contributed by atoms with E-state index in [1.807, 2.05) is 0 Å². The molecule has 0 spiro atoms. The fourth-order valence-corrected chi connectivity index (χ4v) is 1.35. The van der Waals surface area contributed by atoms with E-state index in [1.165, 1.54) is 6.07 Å². The van der Waals surface area contributed by atoms with E-state index in [1.54, 1.807) is 0 Å². The van der Waals surface area contributed by atoms with Crippen LogP contribution in [0.25, 0.3) is 0 Å². The summed E-state index contributed by atoms with van der Waals surface area (Å²) in [7, 11) is 0. The Morgan fingerprint density at radius 1 is 1.46 bits per heavy atom. The van der Waals surface area contributed by atoms with Gasteiger partial charge < -0.3 is 10.8 Å². The molecular weight excluding hydrogens is 183 g/mol. The summed E-state index contributed by atoms with van der Waals surface area (Å²) in [6.07, 6.45) is -4.05. The minimum atomic E-state index is -4.23. The molecule has 0 radical (unpaired) electrons. The Hall–Kier alpha value is -1.20. The second kappa shape index (κ2) is 2.18. The largest absolute Gasteiger partial charge is 0.494 e. The highest BCUT2D eigenvalue weighted by Gasteiger charge is 2.65. The van der Waals surface area contributed by atoms with Crippen LogP contribution < -0.4 is 10.8 Å². The van der Waals surface area contributed by atoms with Crippen LogP contribution >= 0.6 is 0 Å². The second-order valence-electron chi connectivity index (χ2n) is 3.23. The number of anilines is 1. The van der Waals surface area contributed by atoms with Gasteiger partial charge in [-0.3, -0.25) is 5.10 Å². The van der Waals surface area contributed by atoms with Gasteiger partial charge in [0, 0.05) is 0 Å². The maximum atomic E-state index is 12.5. The molecule has 0 saturated heterocycles. The number of hydrogen-bond acceptors (Lipinski definition) is 2. The molecule has 0 unspecified atom stereocenters. The molecule has 0 aliphatic heterocycles. The lowest BCUT2D eigenvalue weighted by Crippen LogP contribution is -2.29. The Morgan fingerprint density at radius 2 is 2.08 bits per heavy atom. The maximum Gasteiger partial charge on any atom is 0.399 e. The van der Waals surface area contributed by atoms with Crippen LogP contribution in [-0.2, 0) is 5.41 Å². The van der Waals surface area contributed by atoms with Gasteiger partial charge >= 0.3 is 6.18 Å². The van der Waals surface area contributed by atoms with Crippen molar-refractivity contribution >= 4 is 5.82 Å². The maximum absolute atomic E-state index is 12.5. The predicted molar refractivity (Wildman–Crippen MR) is 38.9 cm³/mol. The van der Waals surface area contributed by atoms with Crippen LogP contribution in [0.1, 0.15) is 18.5 Å². The predicted octanol–water partition coefficient (Wildman–Crippen LogP) is 1.21. The van der Waals surface area contributed by atoms with E-state index in [0.29, 0.717) is 0 Å². The summed E-state index contributed by atoms with van der Waals surface area (Å²) in [6, 6.07) is 1.19. The molecule has 1 aromatic heterocycles. The van der Waals surface area contributed by atoms with Crippen LogP contribution in [-0.4, -0.2) is 11.3 Å². The van der Waals surface area contributed by atoms with Gasteiger partial charge in [-0.05, 0) is 24.7 Å². The lowest BCUT2D eigenvalue weighted by Gasteiger charge is -2.16. The van der Waals surface area contributed by atoms with Crippen molar-refractivity contribution in [2.75, 3.05) is 5.73 Å². The third kappa shape index (κ3) is 1.08. The quantitative estimate of drug-likeness (QED) is 0.724. The van der Waals surface area contributed by atoms with E-state index in [0.717, 1.165) is 0 Å². The lowest BCUT2D eigenvalue weighted by atomic mass is 10.0. The van der Waals surface area contributed by atoms with Gasteiger partial charge in [-0.15, -0.1) is 0 Å². The van der Waals surface area contributed by atoms with Crippen LogP contribution in [0.4, 0.5) is 19.0 Å². The van der Waals surface area contributed by atoms with Crippen molar-refractivity contribution in [3.05, 3.63) is 11.8 Å². The zero-order chi connectivity index (χ0) is 9.69. The Balaban J connectivity index is 2.36. The molecule has 1 aliphatic rings. The van der Waals surface area contributed by atoms with Crippen molar-refractivity contribution in [2.24, 2.45) is 0 Å². The van der Waals surface area contributed by atoms with E-state index < -0.39 is 11.6 Å². The summed E-state index contributed by atoms with van der Waals surface area (Å²) in [4.78, 5) is 0. The van der Waals surface area contributed by atoms with Gasteiger partial charge in [-0.1, -0.05) is 0 Å². The van der Waals surface area contributed by atoms with Crippen molar-refractivity contribution in [1.29, 1.82) is 0 Å². The Labute approximate surface area is 72.1 Å². The van der Waals surface area contributed by atoms with Gasteiger partial charge in [0.25, 0.3) is 0 Å². The number of alkyl halides is 3. The summed E-state index contributed by atoms with van der Waals surface area (Å²) in [5.74, 6) is 0.0468. The summed E-state index contributed by atoms with van der Waals surface area (Å²) < 4.78 is 37.4. The first-order chi connectivity index (χ1) is 5.96. The van der Waals surface area contributed by atoms with Gasteiger partial charge in [0.15, 0.2) is 0 Å². The van der Waals surface area contributed by atoms with E-state index in [-0.39, 0.29) is 24.4 Å². The van der Waals surface area contributed by atoms with Gasteiger partial charge in [0.05, 0.1) is 5.69 Å². The molecule has 1 saturated carbocycles. The number of rotatable bonds is 1. The van der Waals surface area contributed by atoms with Crippen molar-refractivity contribution in [1.82, 2.24) is 10.2 Å². The average Bonchev–Trinajstić information content (AvgIpc) is 2.70. The van der Waals surface area contributed by atoms with Crippen LogP contribution in [0.5, 0.6) is 0 Å². The monoisotopic (exact) mass is 190 g/mol. The fourth-order valence-electron chi connectivity index (χ4n) is 1.35. The first-order valence-corrected chi connectivity index (χ1v) is 3.79. The van der Waals surface area contributed by atoms with E-state index in [2.05, 4.69) is 10.2 Å². The molecule has 1 heterocycles. The minimum Gasteiger partial charge on any atom is -0.494 e. The molecule has 2 N–H and O–H groups in total. The summed E-state index contributed by atoms with van der Waals surface area (Å²) in [5, 5.41) is 6.79. The molecule has 0 aromatic carbocycles. The van der Waals surface area contributed by atoms with Crippen LogP contribution in [0.3, 0.4) is 0 Å². The van der Waals surface area contributed by atoms with Crippen LogP contribution in [0, 0.1) is 0 Å². The van der Waals surface area contributed by atoms with Crippen molar-refractivity contribution in [3.63, 3.8) is 0 Å². The minimum absolute atomic E-state index is 0.0440. The van der Waals surface area contributed by atoms with Gasteiger partial charge in [0.1, 0.15) is 5.41 Å². The molecule has 0 amide bonds. The molecule has 0 bridgehead atoms. The number of hydrogen-bond donors (Lipinski definition) is 1. The molecular formula is C7H7F3N3-. The van der Waals surface area contributed by atoms with Crippen molar-refractivity contribution < 1.29 is 13.2 Å². The number of nitrogen functional groups attached to an aromatic ring is 1. The molecule has 6 heteroatoms. The zero-order valence-corrected chi connectivity index (χ0v) is 6.60. The van der Waals surface area contributed by atoms with Gasteiger partial charge in [-0.25, -0.2) is 0 Å². The molecule has 1 fully saturated rings. The van der Waals surface area contributed by atoms with Gasteiger partial charge in [-0.2, -0.15) is 13.2 Å². The SMILES string of the molecule is Nc1cc(C2(C(F)(F)F)CC2)n[n-]1. The lowest BCUT2D eigenvalue weighted by molar-refractivity contribution is -0.161. The molecule has 72 valence electrons. The van der Waals surface area contributed by atoms with E-state index in [9.17, 15) is 13.2 Å². The summed E-state index contributed by atoms with van der Waals surface area (Å²) in [5.41, 5.74) is 3.41. The third-order valence-corrected chi connectivity index (χ3v) is 2.34. The Morgan fingerprint density at radius 3 is 2.38 bits per heavy atom. The first-order valence-electron chi connectivity index (χ1n) is 3.79. The highest BCUT2D eigenvalue weighted by atomic mass is 19.4. The first kappa shape index (κ1) is 8.40. The topological polar surface area (TPSA) is 53.0 Å². The molecule has 13 heavy (non-hydrogen) atoms. The Kier molecular flexibility index (Phi) is 1.41. The number of aromatic nitrogens is 2. The highest BCUT2D eigenvalue weighted by molar-refractivity contribution is 5.36. The number of nitrogens with zero attached hydrogens (tertiary/aromatic N) is 2. The van der Waals surface area contributed by atoms with Crippen LogP contribution in [0.15, 0.2) is 6.07 Å². The fraction of sp³-hybridized carbons (Fsp3) is 0.571. The zero-order valence-electron chi connectivity index (χ0n) is 6.60. The Bertz CT molecular complexity index is 324. The molecule has 2 rings (SSSR count). The van der Waals surface area contributed by atoms with Crippen molar-refractivity contribution in [2.45, 2.75) is 24.4 Å². The standard InChI is InChI=1S/C7H7F3N3/c8-7(9,10)6(1-2-6)4-3-5(11)13-12-4/h3H,1-2H2,(H2-,11,12,13)/q-1. The second-order valence-corrected chi connectivity index (χ2v) is 3.23. The summed E-state index contributed by atoms with van der Waals surface area (Å²) >= 11 is 0. The average molecular weight is 190 g/mol. The molecule has 3 nitrogen and oxygen atoms in total. The van der Waals surface area contributed by atoms with E-state index in [4.69, 9.17) is 5.73 Å².